The molecule has 0 unspecified atom stereocenters. The molecule has 2 aromatic rings. The predicted molar refractivity (Wildman–Crippen MR) is 101 cm³/mol. The number of amides is 1. The molecule has 132 valence electrons. The summed E-state index contributed by atoms with van der Waals surface area (Å²) >= 11 is 3.45. The SMILES string of the molecule is COc1cc(OC)c(OC)cc1CNC(=O)/C=C/c1ccccc1Br. The fraction of sp³-hybridized carbons (Fsp3) is 0.211. The highest BCUT2D eigenvalue weighted by molar-refractivity contribution is 9.10. The van der Waals surface area contributed by atoms with E-state index >= 15 is 0 Å². The van der Waals surface area contributed by atoms with E-state index in [4.69, 9.17) is 14.2 Å². The Bertz CT molecular complexity index is 774. The first-order valence-electron chi connectivity index (χ1n) is 7.58. The number of methoxy groups -OCH3 is 3. The summed E-state index contributed by atoms with van der Waals surface area (Å²) in [4.78, 5) is 12.1. The monoisotopic (exact) mass is 405 g/mol. The Labute approximate surface area is 155 Å². The summed E-state index contributed by atoms with van der Waals surface area (Å²) < 4.78 is 16.8. The van der Waals surface area contributed by atoms with Crippen LogP contribution in [0.3, 0.4) is 0 Å². The highest BCUT2D eigenvalue weighted by Gasteiger charge is 2.12. The number of rotatable bonds is 7. The largest absolute Gasteiger partial charge is 0.496 e. The number of nitrogens with one attached hydrogen (secondary N) is 1. The van der Waals surface area contributed by atoms with Crippen molar-refractivity contribution in [3.63, 3.8) is 0 Å². The lowest BCUT2D eigenvalue weighted by atomic mass is 10.1. The molecule has 0 bridgehead atoms. The zero-order valence-electron chi connectivity index (χ0n) is 14.3. The minimum absolute atomic E-state index is 0.201. The topological polar surface area (TPSA) is 56.8 Å². The van der Waals surface area contributed by atoms with Gasteiger partial charge < -0.3 is 19.5 Å². The Kier molecular flexibility index (Phi) is 6.89. The second kappa shape index (κ2) is 9.13. The summed E-state index contributed by atoms with van der Waals surface area (Å²) in [6.07, 6.45) is 3.25. The van der Waals surface area contributed by atoms with E-state index in [2.05, 4.69) is 21.2 Å². The highest BCUT2D eigenvalue weighted by atomic mass is 79.9. The van der Waals surface area contributed by atoms with Crippen LogP contribution in [0.2, 0.25) is 0 Å². The van der Waals surface area contributed by atoms with E-state index in [9.17, 15) is 4.79 Å². The molecule has 0 heterocycles. The molecule has 0 aliphatic rings. The van der Waals surface area contributed by atoms with E-state index in [-0.39, 0.29) is 5.91 Å². The van der Waals surface area contributed by atoms with Crippen molar-refractivity contribution in [3.05, 3.63) is 58.1 Å². The maximum Gasteiger partial charge on any atom is 0.244 e. The molecule has 0 radical (unpaired) electrons. The number of benzene rings is 2. The summed E-state index contributed by atoms with van der Waals surface area (Å²) in [5, 5.41) is 2.83. The second-order valence-corrected chi connectivity index (χ2v) is 5.95. The van der Waals surface area contributed by atoms with Crippen LogP contribution < -0.4 is 19.5 Å². The molecule has 0 aromatic heterocycles. The van der Waals surface area contributed by atoms with Gasteiger partial charge in [0.1, 0.15) is 5.75 Å². The summed E-state index contributed by atoms with van der Waals surface area (Å²) in [5.74, 6) is 1.57. The fourth-order valence-electron chi connectivity index (χ4n) is 2.25. The number of ether oxygens (including phenoxy) is 3. The third-order valence-corrected chi connectivity index (χ3v) is 4.28. The second-order valence-electron chi connectivity index (χ2n) is 5.09. The smallest absolute Gasteiger partial charge is 0.244 e. The Morgan fingerprint density at radius 2 is 1.68 bits per heavy atom. The van der Waals surface area contributed by atoms with E-state index in [1.165, 1.54) is 6.08 Å². The van der Waals surface area contributed by atoms with E-state index < -0.39 is 0 Å². The Balaban J connectivity index is 2.07. The molecule has 0 spiro atoms. The first-order chi connectivity index (χ1) is 12.1. The summed E-state index contributed by atoms with van der Waals surface area (Å²) in [6.45, 7) is 0.308. The quantitative estimate of drug-likeness (QED) is 0.711. The van der Waals surface area contributed by atoms with Gasteiger partial charge in [-0.3, -0.25) is 4.79 Å². The maximum atomic E-state index is 12.1. The molecule has 1 N–H and O–H groups in total. The molecule has 25 heavy (non-hydrogen) atoms. The molecular formula is C19H20BrNO4. The molecule has 0 aliphatic heterocycles. The van der Waals surface area contributed by atoms with Gasteiger partial charge in [0, 0.05) is 28.7 Å². The van der Waals surface area contributed by atoms with Crippen molar-refractivity contribution in [2.45, 2.75) is 6.54 Å². The third kappa shape index (κ3) is 5.00. The average Bonchev–Trinajstić information content (AvgIpc) is 2.64. The normalized spacial score (nSPS) is 10.6. The first kappa shape index (κ1) is 18.9. The molecule has 0 atom stereocenters. The molecular weight excluding hydrogens is 386 g/mol. The van der Waals surface area contributed by atoms with Gasteiger partial charge in [0.05, 0.1) is 21.3 Å². The number of carbonyl (C=O) groups is 1. The molecule has 0 aliphatic carbocycles. The van der Waals surface area contributed by atoms with Gasteiger partial charge in [-0.25, -0.2) is 0 Å². The fourth-order valence-corrected chi connectivity index (χ4v) is 2.66. The number of hydrogen-bond acceptors (Lipinski definition) is 4. The molecule has 1 amide bonds. The van der Waals surface area contributed by atoms with Crippen molar-refractivity contribution in [3.8, 4) is 17.2 Å². The van der Waals surface area contributed by atoms with Crippen molar-refractivity contribution < 1.29 is 19.0 Å². The van der Waals surface area contributed by atoms with Crippen LogP contribution in [0.4, 0.5) is 0 Å². The van der Waals surface area contributed by atoms with Crippen LogP contribution in [0.1, 0.15) is 11.1 Å². The van der Waals surface area contributed by atoms with Gasteiger partial charge in [0.25, 0.3) is 0 Å². The van der Waals surface area contributed by atoms with Crippen molar-refractivity contribution in [2.24, 2.45) is 0 Å². The third-order valence-electron chi connectivity index (χ3n) is 3.56. The lowest BCUT2D eigenvalue weighted by molar-refractivity contribution is -0.116. The van der Waals surface area contributed by atoms with E-state index in [1.54, 1.807) is 39.5 Å². The first-order valence-corrected chi connectivity index (χ1v) is 8.37. The number of halogens is 1. The maximum absolute atomic E-state index is 12.1. The lowest BCUT2D eigenvalue weighted by Crippen LogP contribution is -2.20. The minimum atomic E-state index is -0.201. The summed E-state index contributed by atoms with van der Waals surface area (Å²) in [5.41, 5.74) is 1.73. The van der Waals surface area contributed by atoms with Crippen molar-refractivity contribution >= 4 is 27.9 Å². The van der Waals surface area contributed by atoms with Gasteiger partial charge in [-0.05, 0) is 23.8 Å². The van der Waals surface area contributed by atoms with Crippen LogP contribution >= 0.6 is 15.9 Å². The van der Waals surface area contributed by atoms with Crippen molar-refractivity contribution in [1.29, 1.82) is 0 Å². The van der Waals surface area contributed by atoms with Gasteiger partial charge in [0.15, 0.2) is 11.5 Å². The summed E-state index contributed by atoms with van der Waals surface area (Å²) in [7, 11) is 4.69. The molecule has 0 saturated carbocycles. The van der Waals surface area contributed by atoms with Crippen LogP contribution in [0.15, 0.2) is 46.9 Å². The Morgan fingerprint density at radius 1 is 1.04 bits per heavy atom. The molecule has 2 rings (SSSR count). The molecule has 2 aromatic carbocycles. The zero-order chi connectivity index (χ0) is 18.2. The van der Waals surface area contributed by atoms with Crippen LogP contribution in [0.5, 0.6) is 17.2 Å². The van der Waals surface area contributed by atoms with Crippen LogP contribution in [0, 0.1) is 0 Å². The van der Waals surface area contributed by atoms with Crippen LogP contribution in [0.25, 0.3) is 6.08 Å². The summed E-state index contributed by atoms with van der Waals surface area (Å²) in [6, 6.07) is 11.2. The molecule has 0 saturated heterocycles. The average molecular weight is 406 g/mol. The van der Waals surface area contributed by atoms with Gasteiger partial charge >= 0.3 is 0 Å². The van der Waals surface area contributed by atoms with Crippen LogP contribution in [-0.2, 0) is 11.3 Å². The Hall–Kier alpha value is -2.47. The Morgan fingerprint density at radius 3 is 2.32 bits per heavy atom. The lowest BCUT2D eigenvalue weighted by Gasteiger charge is -2.14. The minimum Gasteiger partial charge on any atom is -0.496 e. The standard InChI is InChI=1S/C19H20BrNO4/c1-23-16-11-18(25-3)17(24-2)10-14(16)12-21-19(22)9-8-13-6-4-5-7-15(13)20/h4-11H,12H2,1-3H3,(H,21,22)/b9-8+. The van der Waals surface area contributed by atoms with Crippen LogP contribution in [-0.4, -0.2) is 27.2 Å². The molecule has 6 heteroatoms. The van der Waals surface area contributed by atoms with Crippen molar-refractivity contribution in [2.75, 3.05) is 21.3 Å². The molecule has 5 nitrogen and oxygen atoms in total. The van der Waals surface area contributed by atoms with E-state index in [1.807, 2.05) is 24.3 Å². The van der Waals surface area contributed by atoms with E-state index in [0.29, 0.717) is 23.8 Å². The van der Waals surface area contributed by atoms with Gasteiger partial charge in [-0.1, -0.05) is 34.1 Å². The van der Waals surface area contributed by atoms with Gasteiger partial charge in [-0.2, -0.15) is 0 Å². The van der Waals surface area contributed by atoms with E-state index in [0.717, 1.165) is 15.6 Å². The highest BCUT2D eigenvalue weighted by Crippen LogP contribution is 2.34. The zero-order valence-corrected chi connectivity index (χ0v) is 15.9. The number of carbonyl (C=O) groups excluding carboxylic acids is 1. The predicted octanol–water partition coefficient (Wildman–Crippen LogP) is 3.80. The van der Waals surface area contributed by atoms with Crippen molar-refractivity contribution in [1.82, 2.24) is 5.32 Å². The van der Waals surface area contributed by atoms with Gasteiger partial charge in [-0.15, -0.1) is 0 Å². The molecule has 0 fully saturated rings. The number of hydrogen-bond donors (Lipinski definition) is 1. The van der Waals surface area contributed by atoms with Gasteiger partial charge in [0.2, 0.25) is 5.91 Å².